The Morgan fingerprint density at radius 2 is 1.82 bits per heavy atom. The minimum atomic E-state index is -0.0116. The van der Waals surface area contributed by atoms with E-state index in [9.17, 15) is 4.79 Å². The van der Waals surface area contributed by atoms with Gasteiger partial charge in [-0.1, -0.05) is 24.6 Å². The smallest absolute Gasteiger partial charge is 0.255 e. The summed E-state index contributed by atoms with van der Waals surface area (Å²) in [5.74, 6) is 1.31. The van der Waals surface area contributed by atoms with E-state index >= 15 is 0 Å². The number of hydrogen-bond acceptors (Lipinski definition) is 6. The number of hydrogen-bond donors (Lipinski definition) is 1. The van der Waals surface area contributed by atoms with Crippen LogP contribution >= 0.6 is 11.6 Å². The van der Waals surface area contributed by atoms with Crippen molar-refractivity contribution in [2.75, 3.05) is 38.5 Å². The Kier molecular flexibility index (Phi) is 6.48. The van der Waals surface area contributed by atoms with Crippen LogP contribution in [0.3, 0.4) is 0 Å². The van der Waals surface area contributed by atoms with Crippen LogP contribution in [-0.2, 0) is 6.42 Å². The lowest BCUT2D eigenvalue weighted by Gasteiger charge is -2.35. The van der Waals surface area contributed by atoms with Crippen molar-refractivity contribution in [2.45, 2.75) is 26.2 Å². The molecule has 3 heterocycles. The van der Waals surface area contributed by atoms with E-state index in [4.69, 9.17) is 17.3 Å². The number of nitrogen functional groups attached to an aromatic ring is 1. The number of carbonyl (C=O) groups is 1. The van der Waals surface area contributed by atoms with E-state index in [-0.39, 0.29) is 5.91 Å². The summed E-state index contributed by atoms with van der Waals surface area (Å²) in [4.78, 5) is 30.9. The molecule has 3 aromatic rings. The summed E-state index contributed by atoms with van der Waals surface area (Å²) in [5, 5.41) is 0.431. The number of aryl methyl sites for hydroxylation is 1. The number of rotatable bonds is 6. The van der Waals surface area contributed by atoms with E-state index in [1.165, 1.54) is 19.4 Å². The molecule has 0 bridgehead atoms. The first-order valence-electron chi connectivity index (χ1n) is 11.9. The molecule has 2 fully saturated rings. The van der Waals surface area contributed by atoms with Crippen LogP contribution in [0.25, 0.3) is 22.4 Å². The predicted molar refractivity (Wildman–Crippen MR) is 135 cm³/mol. The molecule has 8 heteroatoms. The minimum Gasteiger partial charge on any atom is -0.384 e. The number of benzene rings is 1. The standard InChI is InChI=1S/C26H29ClN6O/c1-2-22-24(19-6-8-23(28)29-14-19)25(31-16-30-22)18-5-7-20(21(27)13-18)26(34)33-11-9-32(10-12-33)15-17-3-4-17/h5-8,13-14,16-17H,2-4,9-12,15H2,1H3,(H2,28,29). The molecule has 0 unspecified atom stereocenters. The van der Waals surface area contributed by atoms with Crippen molar-refractivity contribution in [3.63, 3.8) is 0 Å². The van der Waals surface area contributed by atoms with Gasteiger partial charge in [0.25, 0.3) is 5.91 Å². The van der Waals surface area contributed by atoms with Crippen LogP contribution < -0.4 is 5.73 Å². The largest absolute Gasteiger partial charge is 0.384 e. The van der Waals surface area contributed by atoms with Crippen molar-refractivity contribution in [2.24, 2.45) is 5.92 Å². The Labute approximate surface area is 205 Å². The highest BCUT2D eigenvalue weighted by atomic mass is 35.5. The minimum absolute atomic E-state index is 0.0116. The van der Waals surface area contributed by atoms with Crippen molar-refractivity contribution in [3.8, 4) is 22.4 Å². The number of halogens is 1. The van der Waals surface area contributed by atoms with Crippen molar-refractivity contribution in [1.29, 1.82) is 0 Å². The molecule has 0 radical (unpaired) electrons. The van der Waals surface area contributed by atoms with Gasteiger partial charge in [0.05, 0.1) is 22.0 Å². The van der Waals surface area contributed by atoms with E-state index in [1.807, 2.05) is 29.2 Å². The Balaban J connectivity index is 1.40. The highest BCUT2D eigenvalue weighted by molar-refractivity contribution is 6.34. The molecule has 5 rings (SSSR count). The number of aromatic nitrogens is 3. The van der Waals surface area contributed by atoms with Crippen LogP contribution in [0.4, 0.5) is 5.82 Å². The first-order chi connectivity index (χ1) is 16.5. The maximum absolute atomic E-state index is 13.2. The Hall–Kier alpha value is -3.03. The van der Waals surface area contributed by atoms with Gasteiger partial charge < -0.3 is 10.6 Å². The predicted octanol–water partition coefficient (Wildman–Crippen LogP) is 4.17. The number of anilines is 1. The van der Waals surface area contributed by atoms with Gasteiger partial charge in [-0.05, 0) is 49.4 Å². The maximum Gasteiger partial charge on any atom is 0.255 e. The second-order valence-corrected chi connectivity index (χ2v) is 9.51. The van der Waals surface area contributed by atoms with Crippen LogP contribution in [0.15, 0.2) is 42.9 Å². The van der Waals surface area contributed by atoms with E-state index < -0.39 is 0 Å². The van der Waals surface area contributed by atoms with Gasteiger partial charge in [0.15, 0.2) is 0 Å². The molecule has 176 valence electrons. The molecule has 34 heavy (non-hydrogen) atoms. The number of nitrogens with two attached hydrogens (primary N) is 1. The average Bonchev–Trinajstić information content (AvgIpc) is 3.68. The van der Waals surface area contributed by atoms with Gasteiger partial charge in [-0.15, -0.1) is 0 Å². The third-order valence-corrected chi connectivity index (χ3v) is 6.99. The highest BCUT2D eigenvalue weighted by Gasteiger charge is 2.28. The molecule has 1 aromatic carbocycles. The van der Waals surface area contributed by atoms with Crippen LogP contribution in [0, 0.1) is 5.92 Å². The average molecular weight is 477 g/mol. The number of carbonyl (C=O) groups excluding carboxylic acids is 1. The lowest BCUT2D eigenvalue weighted by molar-refractivity contribution is 0.0632. The van der Waals surface area contributed by atoms with Gasteiger partial charge in [0.1, 0.15) is 12.1 Å². The second-order valence-electron chi connectivity index (χ2n) is 9.10. The fourth-order valence-corrected chi connectivity index (χ4v) is 4.83. The first kappa shape index (κ1) is 22.7. The fraction of sp³-hybridized carbons (Fsp3) is 0.385. The fourth-order valence-electron chi connectivity index (χ4n) is 4.57. The number of nitrogens with zero attached hydrogens (tertiary/aromatic N) is 5. The molecule has 1 amide bonds. The molecular weight excluding hydrogens is 448 g/mol. The van der Waals surface area contributed by atoms with Crippen molar-refractivity contribution >= 4 is 23.3 Å². The van der Waals surface area contributed by atoms with Crippen molar-refractivity contribution in [3.05, 3.63) is 59.1 Å². The molecule has 1 aliphatic heterocycles. The summed E-state index contributed by atoms with van der Waals surface area (Å²) in [6, 6.07) is 9.25. The zero-order valence-corrected chi connectivity index (χ0v) is 20.1. The second kappa shape index (κ2) is 9.68. The number of pyridine rings is 1. The van der Waals surface area contributed by atoms with Gasteiger partial charge in [-0.25, -0.2) is 15.0 Å². The summed E-state index contributed by atoms with van der Waals surface area (Å²) < 4.78 is 0. The van der Waals surface area contributed by atoms with Crippen LogP contribution in [0.5, 0.6) is 0 Å². The van der Waals surface area contributed by atoms with Gasteiger partial charge in [-0.2, -0.15) is 0 Å². The topological polar surface area (TPSA) is 88.2 Å². The monoisotopic (exact) mass is 476 g/mol. The normalized spacial score (nSPS) is 16.6. The molecule has 7 nitrogen and oxygen atoms in total. The third kappa shape index (κ3) is 4.76. The Morgan fingerprint density at radius 3 is 2.47 bits per heavy atom. The molecule has 1 saturated heterocycles. The summed E-state index contributed by atoms with van der Waals surface area (Å²) in [6.07, 6.45) is 6.75. The van der Waals surface area contributed by atoms with Gasteiger partial charge in [-0.3, -0.25) is 9.69 Å². The van der Waals surface area contributed by atoms with E-state index in [0.717, 1.165) is 66.6 Å². The maximum atomic E-state index is 13.2. The Morgan fingerprint density at radius 1 is 1.06 bits per heavy atom. The molecule has 2 aromatic heterocycles. The molecular formula is C26H29ClN6O. The molecule has 0 atom stereocenters. The van der Waals surface area contributed by atoms with Crippen LogP contribution in [0.2, 0.25) is 5.02 Å². The lowest BCUT2D eigenvalue weighted by atomic mass is 9.97. The first-order valence-corrected chi connectivity index (χ1v) is 12.3. The van der Waals surface area contributed by atoms with Gasteiger partial charge in [0.2, 0.25) is 0 Å². The zero-order chi connectivity index (χ0) is 23.7. The van der Waals surface area contributed by atoms with E-state index in [0.29, 0.717) is 16.4 Å². The highest BCUT2D eigenvalue weighted by Crippen LogP contribution is 2.35. The third-order valence-electron chi connectivity index (χ3n) is 6.68. The zero-order valence-electron chi connectivity index (χ0n) is 19.4. The van der Waals surface area contributed by atoms with Gasteiger partial charge >= 0.3 is 0 Å². The number of piperazine rings is 1. The molecule has 1 saturated carbocycles. The van der Waals surface area contributed by atoms with Crippen molar-refractivity contribution in [1.82, 2.24) is 24.8 Å². The van der Waals surface area contributed by atoms with Crippen LogP contribution in [0.1, 0.15) is 35.8 Å². The van der Waals surface area contributed by atoms with E-state index in [2.05, 4.69) is 26.8 Å². The van der Waals surface area contributed by atoms with E-state index in [1.54, 1.807) is 18.6 Å². The molecule has 2 N–H and O–H groups in total. The summed E-state index contributed by atoms with van der Waals surface area (Å²) >= 11 is 6.66. The lowest BCUT2D eigenvalue weighted by Crippen LogP contribution is -2.49. The summed E-state index contributed by atoms with van der Waals surface area (Å²) in [6.45, 7) is 6.56. The van der Waals surface area contributed by atoms with Crippen LogP contribution in [-0.4, -0.2) is 63.4 Å². The number of amides is 1. The SMILES string of the molecule is CCc1ncnc(-c2ccc(C(=O)N3CCN(CC4CC4)CC3)c(Cl)c2)c1-c1ccc(N)nc1. The summed E-state index contributed by atoms with van der Waals surface area (Å²) in [7, 11) is 0. The molecule has 2 aliphatic rings. The molecule has 0 spiro atoms. The Bertz CT molecular complexity index is 1190. The summed E-state index contributed by atoms with van der Waals surface area (Å²) in [5.41, 5.74) is 10.6. The molecule has 1 aliphatic carbocycles. The van der Waals surface area contributed by atoms with Gasteiger partial charge in [0, 0.05) is 55.6 Å². The quantitative estimate of drug-likeness (QED) is 0.574. The van der Waals surface area contributed by atoms with Crippen molar-refractivity contribution < 1.29 is 4.79 Å².